The number of benzene rings is 2. The Morgan fingerprint density at radius 2 is 1.95 bits per heavy atom. The third kappa shape index (κ3) is 2.89. The van der Waals surface area contributed by atoms with Crippen molar-refractivity contribution in [2.24, 2.45) is 0 Å². The van der Waals surface area contributed by atoms with Crippen LogP contribution in [0.3, 0.4) is 0 Å². The first-order valence-corrected chi connectivity index (χ1v) is 7.76. The first-order valence-electron chi connectivity index (χ1n) is 6.97. The fourth-order valence-corrected chi connectivity index (χ4v) is 3.00. The molecule has 0 saturated carbocycles. The van der Waals surface area contributed by atoms with Crippen LogP contribution in [0.25, 0.3) is 11.0 Å². The summed E-state index contributed by atoms with van der Waals surface area (Å²) in [6.07, 6.45) is -0.0740. The van der Waals surface area contributed by atoms with E-state index < -0.39 is 6.10 Å². The average Bonchev–Trinajstić information content (AvgIpc) is 2.88. The van der Waals surface area contributed by atoms with E-state index in [0.29, 0.717) is 12.2 Å². The molecular weight excluding hydrogens is 328 g/mol. The molecule has 2 nitrogen and oxygen atoms in total. The number of fused-ring (bicyclic) bond motifs is 1. The van der Waals surface area contributed by atoms with Crippen molar-refractivity contribution in [1.82, 2.24) is 0 Å². The molecule has 108 valence electrons. The normalized spacial score (nSPS) is 12.8. The van der Waals surface area contributed by atoms with E-state index in [1.165, 1.54) is 11.1 Å². The molecule has 1 N–H and O–H groups in total. The van der Waals surface area contributed by atoms with Gasteiger partial charge in [-0.15, -0.1) is 0 Å². The summed E-state index contributed by atoms with van der Waals surface area (Å²) >= 11 is 3.47. The van der Waals surface area contributed by atoms with Gasteiger partial charge in [-0.25, -0.2) is 0 Å². The van der Waals surface area contributed by atoms with Crippen LogP contribution >= 0.6 is 15.9 Å². The van der Waals surface area contributed by atoms with Crippen LogP contribution in [-0.4, -0.2) is 5.11 Å². The van der Waals surface area contributed by atoms with Gasteiger partial charge in [0.15, 0.2) is 0 Å². The van der Waals surface area contributed by atoms with Gasteiger partial charge in [-0.1, -0.05) is 35.9 Å². The minimum absolute atomic E-state index is 0.560. The van der Waals surface area contributed by atoms with Gasteiger partial charge in [-0.05, 0) is 53.0 Å². The highest BCUT2D eigenvalue weighted by Gasteiger charge is 2.16. The number of para-hydroxylation sites is 1. The van der Waals surface area contributed by atoms with Crippen LogP contribution < -0.4 is 0 Å². The second kappa shape index (κ2) is 5.66. The number of hydrogen-bond acceptors (Lipinski definition) is 2. The van der Waals surface area contributed by atoms with Crippen LogP contribution in [0, 0.1) is 13.8 Å². The molecule has 1 heterocycles. The molecule has 0 aliphatic rings. The molecule has 0 aliphatic heterocycles. The Labute approximate surface area is 132 Å². The number of hydrogen-bond donors (Lipinski definition) is 1. The molecule has 1 unspecified atom stereocenters. The molecule has 1 atom stereocenters. The molecule has 3 aromatic rings. The highest BCUT2D eigenvalue weighted by molar-refractivity contribution is 9.10. The van der Waals surface area contributed by atoms with E-state index in [4.69, 9.17) is 4.42 Å². The Morgan fingerprint density at radius 1 is 1.14 bits per heavy atom. The van der Waals surface area contributed by atoms with Crippen molar-refractivity contribution >= 4 is 26.9 Å². The van der Waals surface area contributed by atoms with Gasteiger partial charge in [0.2, 0.25) is 0 Å². The second-order valence-corrected chi connectivity index (χ2v) is 6.31. The van der Waals surface area contributed by atoms with Gasteiger partial charge in [0, 0.05) is 11.8 Å². The first kappa shape index (κ1) is 14.4. The monoisotopic (exact) mass is 344 g/mol. The smallest absolute Gasteiger partial charge is 0.148 e. The fraction of sp³-hybridized carbons (Fsp3) is 0.222. The quantitative estimate of drug-likeness (QED) is 0.717. The largest absolute Gasteiger partial charge is 0.457 e. The van der Waals surface area contributed by atoms with Gasteiger partial charge in [0.25, 0.3) is 0 Å². The SMILES string of the molecule is Cc1ccc(C)c(CC(O)c2cc3cccc(Br)c3o2)c1. The molecule has 0 bridgehead atoms. The summed E-state index contributed by atoms with van der Waals surface area (Å²) in [4.78, 5) is 0. The van der Waals surface area contributed by atoms with Gasteiger partial charge in [0.1, 0.15) is 17.4 Å². The number of aliphatic hydroxyl groups excluding tert-OH is 1. The summed E-state index contributed by atoms with van der Waals surface area (Å²) < 4.78 is 6.71. The van der Waals surface area contributed by atoms with Crippen molar-refractivity contribution in [3.63, 3.8) is 0 Å². The fourth-order valence-electron chi connectivity index (χ4n) is 2.54. The van der Waals surface area contributed by atoms with E-state index in [1.807, 2.05) is 24.3 Å². The summed E-state index contributed by atoms with van der Waals surface area (Å²) in [7, 11) is 0. The number of rotatable bonds is 3. The number of aryl methyl sites for hydroxylation is 2. The zero-order valence-electron chi connectivity index (χ0n) is 12.1. The summed E-state index contributed by atoms with van der Waals surface area (Å²) in [5, 5.41) is 11.5. The lowest BCUT2D eigenvalue weighted by Crippen LogP contribution is -2.02. The molecule has 2 aromatic carbocycles. The van der Waals surface area contributed by atoms with Crippen LogP contribution in [0.1, 0.15) is 28.6 Å². The molecule has 0 saturated heterocycles. The summed E-state index contributed by atoms with van der Waals surface area (Å²) in [6, 6.07) is 14.1. The Kier molecular flexibility index (Phi) is 3.87. The Morgan fingerprint density at radius 3 is 2.71 bits per heavy atom. The second-order valence-electron chi connectivity index (χ2n) is 5.46. The number of furan rings is 1. The minimum atomic E-state index is -0.634. The van der Waals surface area contributed by atoms with Gasteiger partial charge in [-0.2, -0.15) is 0 Å². The van der Waals surface area contributed by atoms with E-state index in [1.54, 1.807) is 0 Å². The molecule has 21 heavy (non-hydrogen) atoms. The third-order valence-electron chi connectivity index (χ3n) is 3.76. The predicted octanol–water partition coefficient (Wildman–Crippen LogP) is 5.09. The maximum absolute atomic E-state index is 10.5. The predicted molar refractivity (Wildman–Crippen MR) is 88.5 cm³/mol. The van der Waals surface area contributed by atoms with E-state index in [0.717, 1.165) is 21.0 Å². The first-order chi connectivity index (χ1) is 10.0. The van der Waals surface area contributed by atoms with Gasteiger partial charge >= 0.3 is 0 Å². The van der Waals surface area contributed by atoms with Crippen LogP contribution in [0.15, 0.2) is 51.4 Å². The number of halogens is 1. The third-order valence-corrected chi connectivity index (χ3v) is 4.39. The van der Waals surface area contributed by atoms with Crippen LogP contribution in [0.2, 0.25) is 0 Å². The Balaban J connectivity index is 1.91. The zero-order valence-corrected chi connectivity index (χ0v) is 13.6. The molecule has 3 heteroatoms. The maximum atomic E-state index is 10.5. The molecule has 1 aromatic heterocycles. The van der Waals surface area contributed by atoms with Crippen molar-refractivity contribution in [2.75, 3.05) is 0 Å². The summed E-state index contributed by atoms with van der Waals surface area (Å²) in [6.45, 7) is 4.13. The van der Waals surface area contributed by atoms with Crippen molar-refractivity contribution < 1.29 is 9.52 Å². The Hall–Kier alpha value is -1.58. The number of aliphatic hydroxyl groups is 1. The minimum Gasteiger partial charge on any atom is -0.457 e. The van der Waals surface area contributed by atoms with Crippen LogP contribution in [0.5, 0.6) is 0 Å². The Bertz CT molecular complexity index is 789. The van der Waals surface area contributed by atoms with Crippen LogP contribution in [0.4, 0.5) is 0 Å². The molecular formula is C18H17BrO2. The van der Waals surface area contributed by atoms with Gasteiger partial charge in [-0.3, -0.25) is 0 Å². The average molecular weight is 345 g/mol. The van der Waals surface area contributed by atoms with Crippen LogP contribution in [-0.2, 0) is 6.42 Å². The summed E-state index contributed by atoms with van der Waals surface area (Å²) in [5.41, 5.74) is 4.33. The van der Waals surface area contributed by atoms with Crippen molar-refractivity contribution in [1.29, 1.82) is 0 Å². The van der Waals surface area contributed by atoms with Crippen molar-refractivity contribution in [3.8, 4) is 0 Å². The summed E-state index contributed by atoms with van der Waals surface area (Å²) in [5.74, 6) is 0.609. The highest BCUT2D eigenvalue weighted by Crippen LogP contribution is 2.31. The lowest BCUT2D eigenvalue weighted by Gasteiger charge is -2.11. The standard InChI is InChI=1S/C18H17BrO2/c1-11-6-7-12(2)14(8-11)9-16(20)17-10-13-4-3-5-15(19)18(13)21-17/h3-8,10,16,20H,9H2,1-2H3. The molecule has 3 rings (SSSR count). The molecule has 0 amide bonds. The van der Waals surface area contributed by atoms with Crippen molar-refractivity contribution in [3.05, 3.63) is 69.4 Å². The van der Waals surface area contributed by atoms with Gasteiger partial charge < -0.3 is 9.52 Å². The van der Waals surface area contributed by atoms with Gasteiger partial charge in [0.05, 0.1) is 4.47 Å². The van der Waals surface area contributed by atoms with E-state index in [9.17, 15) is 5.11 Å². The molecule has 0 spiro atoms. The highest BCUT2D eigenvalue weighted by atomic mass is 79.9. The van der Waals surface area contributed by atoms with E-state index in [-0.39, 0.29) is 0 Å². The molecule has 0 aliphatic carbocycles. The van der Waals surface area contributed by atoms with E-state index >= 15 is 0 Å². The molecule has 0 radical (unpaired) electrons. The zero-order chi connectivity index (χ0) is 15.0. The lowest BCUT2D eigenvalue weighted by atomic mass is 9.99. The van der Waals surface area contributed by atoms with E-state index in [2.05, 4.69) is 48.0 Å². The molecule has 0 fully saturated rings. The maximum Gasteiger partial charge on any atom is 0.148 e. The topological polar surface area (TPSA) is 33.4 Å². The van der Waals surface area contributed by atoms with Crippen molar-refractivity contribution in [2.45, 2.75) is 26.4 Å². The lowest BCUT2D eigenvalue weighted by molar-refractivity contribution is 0.152.